The Kier molecular flexibility index (Phi) is 4.26. The van der Waals surface area contributed by atoms with E-state index in [0.717, 1.165) is 6.54 Å². The van der Waals surface area contributed by atoms with Crippen LogP contribution in [0, 0.1) is 6.92 Å². The standard InChI is InChI=1S/C19H24N2/c1-15-7-6-10-17(13-15)19(14-20)21-12-5-4-9-16-8-2-3-11-18(16)21/h2-3,6-8,10-11,13,19H,4-5,9,12,14,20H2,1H3. The lowest BCUT2D eigenvalue weighted by Crippen LogP contribution is -2.34. The Bertz CT molecular complexity index is 606. The van der Waals surface area contributed by atoms with Gasteiger partial charge in [0.15, 0.2) is 0 Å². The molecule has 1 aliphatic heterocycles. The van der Waals surface area contributed by atoms with Crippen LogP contribution >= 0.6 is 0 Å². The molecule has 110 valence electrons. The van der Waals surface area contributed by atoms with Gasteiger partial charge in [0.25, 0.3) is 0 Å². The van der Waals surface area contributed by atoms with Crippen molar-refractivity contribution in [3.05, 3.63) is 65.2 Å². The third kappa shape index (κ3) is 2.96. The third-order valence-corrected chi connectivity index (χ3v) is 4.42. The first kappa shape index (κ1) is 14.2. The molecule has 0 saturated carbocycles. The van der Waals surface area contributed by atoms with Crippen molar-refractivity contribution < 1.29 is 0 Å². The summed E-state index contributed by atoms with van der Waals surface area (Å²) in [6, 6.07) is 17.8. The van der Waals surface area contributed by atoms with Crippen LogP contribution in [0.4, 0.5) is 5.69 Å². The van der Waals surface area contributed by atoms with Gasteiger partial charge < -0.3 is 10.6 Å². The number of nitrogens with two attached hydrogens (primary N) is 1. The average Bonchev–Trinajstić information content (AvgIpc) is 2.71. The minimum absolute atomic E-state index is 0.268. The fourth-order valence-electron chi connectivity index (χ4n) is 3.36. The maximum absolute atomic E-state index is 6.15. The van der Waals surface area contributed by atoms with Crippen LogP contribution in [0.25, 0.3) is 0 Å². The summed E-state index contributed by atoms with van der Waals surface area (Å²) in [7, 11) is 0. The molecule has 2 nitrogen and oxygen atoms in total. The molecule has 2 N–H and O–H groups in total. The molecular formula is C19H24N2. The highest BCUT2D eigenvalue weighted by Gasteiger charge is 2.23. The van der Waals surface area contributed by atoms with Gasteiger partial charge >= 0.3 is 0 Å². The zero-order chi connectivity index (χ0) is 14.7. The smallest absolute Gasteiger partial charge is 0.0664 e. The van der Waals surface area contributed by atoms with Crippen molar-refractivity contribution in [3.8, 4) is 0 Å². The minimum atomic E-state index is 0.268. The number of para-hydroxylation sites is 1. The number of hydrogen-bond donors (Lipinski definition) is 1. The van der Waals surface area contributed by atoms with Crippen molar-refractivity contribution in [1.29, 1.82) is 0 Å². The Labute approximate surface area is 127 Å². The first-order valence-electron chi connectivity index (χ1n) is 7.91. The van der Waals surface area contributed by atoms with Gasteiger partial charge in [-0.25, -0.2) is 0 Å². The number of anilines is 1. The summed E-state index contributed by atoms with van der Waals surface area (Å²) in [6.07, 6.45) is 3.67. The quantitative estimate of drug-likeness (QED) is 0.925. The van der Waals surface area contributed by atoms with Crippen LogP contribution in [-0.2, 0) is 6.42 Å². The van der Waals surface area contributed by atoms with Crippen molar-refractivity contribution in [3.63, 3.8) is 0 Å². The second-order valence-electron chi connectivity index (χ2n) is 5.94. The van der Waals surface area contributed by atoms with E-state index in [1.54, 1.807) is 0 Å². The van der Waals surface area contributed by atoms with Gasteiger partial charge in [-0.15, -0.1) is 0 Å². The molecule has 2 heteroatoms. The van der Waals surface area contributed by atoms with Gasteiger partial charge in [0, 0.05) is 18.8 Å². The van der Waals surface area contributed by atoms with Gasteiger partial charge in [-0.2, -0.15) is 0 Å². The highest BCUT2D eigenvalue weighted by molar-refractivity contribution is 5.56. The zero-order valence-electron chi connectivity index (χ0n) is 12.8. The normalized spacial score (nSPS) is 16.2. The Morgan fingerprint density at radius 3 is 2.76 bits per heavy atom. The molecule has 1 heterocycles. The second-order valence-corrected chi connectivity index (χ2v) is 5.94. The van der Waals surface area contributed by atoms with Crippen molar-refractivity contribution in [2.75, 3.05) is 18.0 Å². The number of nitrogens with zero attached hydrogens (tertiary/aromatic N) is 1. The van der Waals surface area contributed by atoms with E-state index in [0.29, 0.717) is 6.54 Å². The first-order valence-corrected chi connectivity index (χ1v) is 7.91. The first-order chi connectivity index (χ1) is 10.3. The lowest BCUT2D eigenvalue weighted by Gasteiger charge is -2.33. The van der Waals surface area contributed by atoms with Crippen LogP contribution in [0.2, 0.25) is 0 Å². The number of fused-ring (bicyclic) bond motifs is 1. The van der Waals surface area contributed by atoms with Crippen LogP contribution in [-0.4, -0.2) is 13.1 Å². The molecule has 0 fully saturated rings. The summed E-state index contributed by atoms with van der Waals surface area (Å²) < 4.78 is 0. The van der Waals surface area contributed by atoms with Crippen molar-refractivity contribution in [1.82, 2.24) is 0 Å². The second kappa shape index (κ2) is 6.31. The van der Waals surface area contributed by atoms with E-state index < -0.39 is 0 Å². The summed E-state index contributed by atoms with van der Waals surface area (Å²) in [5.41, 5.74) is 11.6. The Hall–Kier alpha value is -1.80. The molecule has 0 aliphatic carbocycles. The van der Waals surface area contributed by atoms with Gasteiger partial charge in [0.2, 0.25) is 0 Å². The van der Waals surface area contributed by atoms with Gasteiger partial charge in [-0.3, -0.25) is 0 Å². The Morgan fingerprint density at radius 2 is 1.95 bits per heavy atom. The van der Waals surface area contributed by atoms with E-state index in [9.17, 15) is 0 Å². The van der Waals surface area contributed by atoms with Gasteiger partial charge in [0.05, 0.1) is 6.04 Å². The summed E-state index contributed by atoms with van der Waals surface area (Å²) in [4.78, 5) is 2.51. The molecule has 0 radical (unpaired) electrons. The van der Waals surface area contributed by atoms with E-state index in [1.807, 2.05) is 0 Å². The van der Waals surface area contributed by atoms with Crippen LogP contribution in [0.1, 0.15) is 35.6 Å². The zero-order valence-corrected chi connectivity index (χ0v) is 12.8. The Morgan fingerprint density at radius 1 is 1.10 bits per heavy atom. The van der Waals surface area contributed by atoms with Crippen LogP contribution in [0.5, 0.6) is 0 Å². The molecule has 2 aromatic rings. The molecule has 0 spiro atoms. The molecule has 1 unspecified atom stereocenters. The van der Waals surface area contributed by atoms with Crippen LogP contribution in [0.3, 0.4) is 0 Å². The summed E-state index contributed by atoms with van der Waals surface area (Å²) in [5.74, 6) is 0. The van der Waals surface area contributed by atoms with Crippen molar-refractivity contribution in [2.45, 2.75) is 32.2 Å². The van der Waals surface area contributed by atoms with E-state index in [2.05, 4.69) is 60.4 Å². The predicted molar refractivity (Wildman–Crippen MR) is 89.7 cm³/mol. The van der Waals surface area contributed by atoms with Gasteiger partial charge in [0.1, 0.15) is 0 Å². The maximum Gasteiger partial charge on any atom is 0.0664 e. The number of benzene rings is 2. The van der Waals surface area contributed by atoms with Crippen molar-refractivity contribution in [2.24, 2.45) is 5.73 Å². The van der Waals surface area contributed by atoms with Gasteiger partial charge in [-0.1, -0.05) is 48.0 Å². The van der Waals surface area contributed by atoms with Crippen LogP contribution < -0.4 is 10.6 Å². The fourth-order valence-corrected chi connectivity index (χ4v) is 3.36. The highest BCUT2D eigenvalue weighted by Crippen LogP contribution is 2.33. The summed E-state index contributed by atoms with van der Waals surface area (Å²) in [6.45, 7) is 3.89. The molecule has 1 aliphatic rings. The number of hydrogen-bond acceptors (Lipinski definition) is 2. The molecule has 1 atom stereocenters. The maximum atomic E-state index is 6.15. The topological polar surface area (TPSA) is 29.3 Å². The predicted octanol–water partition coefficient (Wildman–Crippen LogP) is 3.84. The summed E-state index contributed by atoms with van der Waals surface area (Å²) in [5, 5.41) is 0. The SMILES string of the molecule is Cc1cccc(C(CN)N2CCCCc3ccccc32)c1. The third-order valence-electron chi connectivity index (χ3n) is 4.42. The molecule has 0 bridgehead atoms. The largest absolute Gasteiger partial charge is 0.363 e. The average molecular weight is 280 g/mol. The lowest BCUT2D eigenvalue weighted by atomic mass is 10.0. The number of aryl methyl sites for hydroxylation is 2. The number of rotatable bonds is 3. The molecule has 2 aromatic carbocycles. The molecule has 0 aromatic heterocycles. The van der Waals surface area contributed by atoms with Crippen molar-refractivity contribution >= 4 is 5.69 Å². The summed E-state index contributed by atoms with van der Waals surface area (Å²) >= 11 is 0. The fraction of sp³-hybridized carbons (Fsp3) is 0.368. The van der Waals surface area contributed by atoms with Gasteiger partial charge in [-0.05, 0) is 43.4 Å². The molecular weight excluding hydrogens is 256 g/mol. The van der Waals surface area contributed by atoms with Crippen LogP contribution in [0.15, 0.2) is 48.5 Å². The monoisotopic (exact) mass is 280 g/mol. The highest BCUT2D eigenvalue weighted by atomic mass is 15.2. The molecule has 3 rings (SSSR count). The minimum Gasteiger partial charge on any atom is -0.363 e. The van der Waals surface area contributed by atoms with E-state index in [4.69, 9.17) is 5.73 Å². The lowest BCUT2D eigenvalue weighted by molar-refractivity contribution is 0.611. The molecule has 0 amide bonds. The molecule has 21 heavy (non-hydrogen) atoms. The van der Waals surface area contributed by atoms with E-state index >= 15 is 0 Å². The van der Waals surface area contributed by atoms with E-state index in [1.165, 1.54) is 41.6 Å². The Balaban J connectivity index is 2.00. The van der Waals surface area contributed by atoms with E-state index in [-0.39, 0.29) is 6.04 Å². The molecule has 0 saturated heterocycles.